The Hall–Kier alpha value is -0.870. The maximum absolute atomic E-state index is 4.34. The molecule has 2 aliphatic heterocycles. The Morgan fingerprint density at radius 3 is 2.78 bits per heavy atom. The van der Waals surface area contributed by atoms with Gasteiger partial charge in [0.1, 0.15) is 0 Å². The second kappa shape index (κ2) is 7.80. The van der Waals surface area contributed by atoms with E-state index in [2.05, 4.69) is 34.9 Å². The van der Waals surface area contributed by atoms with Crippen LogP contribution in [0, 0.1) is 11.8 Å². The molecule has 0 aliphatic carbocycles. The lowest BCUT2D eigenvalue weighted by Gasteiger charge is -2.46. The van der Waals surface area contributed by atoms with Gasteiger partial charge in [-0.2, -0.15) is 5.10 Å². The minimum absolute atomic E-state index is 0.720. The Balaban J connectivity index is 1.64. The van der Waals surface area contributed by atoms with Gasteiger partial charge in [-0.05, 0) is 50.6 Å². The van der Waals surface area contributed by atoms with Crippen LogP contribution >= 0.6 is 0 Å². The lowest BCUT2D eigenvalue weighted by molar-refractivity contribution is 0.0368. The largest absolute Gasteiger partial charge is 0.300 e. The summed E-state index contributed by atoms with van der Waals surface area (Å²) in [6.45, 7) is 10.9. The summed E-state index contributed by atoms with van der Waals surface area (Å²) < 4.78 is 1.92. The molecule has 2 saturated heterocycles. The van der Waals surface area contributed by atoms with E-state index in [-0.39, 0.29) is 0 Å². The summed E-state index contributed by atoms with van der Waals surface area (Å²) in [5.41, 5.74) is 1.35. The van der Waals surface area contributed by atoms with Crippen molar-refractivity contribution in [2.75, 3.05) is 26.2 Å². The van der Waals surface area contributed by atoms with Gasteiger partial charge in [-0.25, -0.2) is 0 Å². The van der Waals surface area contributed by atoms with E-state index in [9.17, 15) is 0 Å². The fourth-order valence-electron chi connectivity index (χ4n) is 4.65. The van der Waals surface area contributed by atoms with Crippen LogP contribution in [0.5, 0.6) is 0 Å². The Bertz CT molecular complexity index is 479. The summed E-state index contributed by atoms with van der Waals surface area (Å²) in [5.74, 6) is 1.58. The topological polar surface area (TPSA) is 24.3 Å². The molecule has 2 aliphatic rings. The van der Waals surface area contributed by atoms with E-state index in [0.717, 1.165) is 24.4 Å². The highest BCUT2D eigenvalue weighted by molar-refractivity contribution is 5.03. The number of aryl methyl sites for hydroxylation is 1. The van der Waals surface area contributed by atoms with Crippen molar-refractivity contribution in [3.05, 3.63) is 18.0 Å². The molecule has 0 saturated carbocycles. The molecule has 4 heteroatoms. The maximum atomic E-state index is 4.34. The standard InChI is InChI=1S/C19H34N4/c1-16(2)12-22(14-17-11-20-21(3)13-17)15-18-7-6-10-23-9-5-4-8-19(18)23/h11,13,16,18-19H,4-10,12,14-15H2,1-3H3/t18-,19+/m0/s1. The molecule has 0 amide bonds. The van der Waals surface area contributed by atoms with E-state index >= 15 is 0 Å². The summed E-state index contributed by atoms with van der Waals surface area (Å²) in [6, 6.07) is 0.848. The Morgan fingerprint density at radius 2 is 2.04 bits per heavy atom. The smallest absolute Gasteiger partial charge is 0.0534 e. The third-order valence-electron chi connectivity index (χ3n) is 5.51. The maximum Gasteiger partial charge on any atom is 0.0534 e. The predicted molar refractivity (Wildman–Crippen MR) is 95.3 cm³/mol. The molecular weight excluding hydrogens is 284 g/mol. The third-order valence-corrected chi connectivity index (χ3v) is 5.51. The van der Waals surface area contributed by atoms with Crippen molar-refractivity contribution in [1.82, 2.24) is 19.6 Å². The van der Waals surface area contributed by atoms with Gasteiger partial charge in [0.2, 0.25) is 0 Å². The van der Waals surface area contributed by atoms with Gasteiger partial charge < -0.3 is 4.90 Å². The normalized spacial score (nSPS) is 26.0. The lowest BCUT2D eigenvalue weighted by Crippen LogP contribution is -2.51. The van der Waals surface area contributed by atoms with Crippen molar-refractivity contribution in [3.8, 4) is 0 Å². The monoisotopic (exact) mass is 318 g/mol. The van der Waals surface area contributed by atoms with Crippen LogP contribution in [-0.2, 0) is 13.6 Å². The highest BCUT2D eigenvalue weighted by Crippen LogP contribution is 2.31. The number of fused-ring (bicyclic) bond motifs is 1. The zero-order chi connectivity index (χ0) is 16.2. The van der Waals surface area contributed by atoms with Crippen LogP contribution < -0.4 is 0 Å². The molecule has 3 rings (SSSR count). The minimum atomic E-state index is 0.720. The van der Waals surface area contributed by atoms with Gasteiger partial charge in [-0.15, -0.1) is 0 Å². The van der Waals surface area contributed by atoms with Crippen LogP contribution in [0.3, 0.4) is 0 Å². The first-order chi connectivity index (χ1) is 11.1. The molecule has 0 radical (unpaired) electrons. The predicted octanol–water partition coefficient (Wildman–Crippen LogP) is 3.14. The molecule has 130 valence electrons. The number of rotatable bonds is 6. The molecule has 2 atom stereocenters. The second-order valence-corrected chi connectivity index (χ2v) is 8.11. The first-order valence-electron chi connectivity index (χ1n) is 9.55. The van der Waals surface area contributed by atoms with Crippen molar-refractivity contribution >= 4 is 0 Å². The van der Waals surface area contributed by atoms with Gasteiger partial charge in [0, 0.05) is 44.5 Å². The first-order valence-corrected chi connectivity index (χ1v) is 9.55. The van der Waals surface area contributed by atoms with E-state index in [0.29, 0.717) is 0 Å². The van der Waals surface area contributed by atoms with Crippen molar-refractivity contribution in [1.29, 1.82) is 0 Å². The molecule has 0 aromatic carbocycles. The molecule has 2 fully saturated rings. The van der Waals surface area contributed by atoms with Crippen molar-refractivity contribution in [3.63, 3.8) is 0 Å². The highest BCUT2D eigenvalue weighted by Gasteiger charge is 2.33. The Labute approximate surface area is 141 Å². The minimum Gasteiger partial charge on any atom is -0.300 e. The summed E-state index contributed by atoms with van der Waals surface area (Å²) in [4.78, 5) is 5.47. The molecule has 0 spiro atoms. The Kier molecular flexibility index (Phi) is 5.76. The van der Waals surface area contributed by atoms with Crippen LogP contribution in [0.1, 0.15) is 51.5 Å². The van der Waals surface area contributed by atoms with Gasteiger partial charge in [0.15, 0.2) is 0 Å². The zero-order valence-electron chi connectivity index (χ0n) is 15.2. The SMILES string of the molecule is CC(C)CN(Cc1cnn(C)c1)C[C@@H]1CCCN2CCCC[C@H]12. The van der Waals surface area contributed by atoms with Crippen LogP contribution in [0.25, 0.3) is 0 Å². The van der Waals surface area contributed by atoms with E-state index in [1.165, 1.54) is 63.8 Å². The number of piperidine rings is 2. The number of hydrogen-bond donors (Lipinski definition) is 0. The molecule has 1 aromatic rings. The van der Waals surface area contributed by atoms with Crippen molar-refractivity contribution in [2.45, 2.75) is 58.5 Å². The summed E-state index contributed by atoms with van der Waals surface area (Å²) in [6.07, 6.45) is 11.3. The van der Waals surface area contributed by atoms with Gasteiger partial charge in [0.05, 0.1) is 6.20 Å². The van der Waals surface area contributed by atoms with E-state index in [1.54, 1.807) is 0 Å². The average Bonchev–Trinajstić information content (AvgIpc) is 2.92. The molecular formula is C19H34N4. The molecule has 23 heavy (non-hydrogen) atoms. The fraction of sp³-hybridized carbons (Fsp3) is 0.842. The molecule has 0 unspecified atom stereocenters. The molecule has 3 heterocycles. The van der Waals surface area contributed by atoms with Crippen LogP contribution in [0.15, 0.2) is 12.4 Å². The van der Waals surface area contributed by atoms with E-state index < -0.39 is 0 Å². The van der Waals surface area contributed by atoms with Crippen LogP contribution in [0.2, 0.25) is 0 Å². The van der Waals surface area contributed by atoms with Gasteiger partial charge in [-0.1, -0.05) is 20.3 Å². The van der Waals surface area contributed by atoms with Crippen LogP contribution in [-0.4, -0.2) is 51.8 Å². The van der Waals surface area contributed by atoms with Crippen molar-refractivity contribution in [2.24, 2.45) is 18.9 Å². The quantitative estimate of drug-likeness (QED) is 0.805. The summed E-state index contributed by atoms with van der Waals surface area (Å²) in [7, 11) is 2.01. The number of aromatic nitrogens is 2. The molecule has 0 N–H and O–H groups in total. The van der Waals surface area contributed by atoms with Gasteiger partial charge in [-0.3, -0.25) is 9.58 Å². The zero-order valence-corrected chi connectivity index (χ0v) is 15.2. The molecule has 0 bridgehead atoms. The van der Waals surface area contributed by atoms with Gasteiger partial charge >= 0.3 is 0 Å². The molecule has 4 nitrogen and oxygen atoms in total. The average molecular weight is 319 g/mol. The number of nitrogens with zero attached hydrogens (tertiary/aromatic N) is 4. The molecule has 1 aromatic heterocycles. The summed E-state index contributed by atoms with van der Waals surface area (Å²) >= 11 is 0. The number of hydrogen-bond acceptors (Lipinski definition) is 3. The lowest BCUT2D eigenvalue weighted by atomic mass is 9.83. The second-order valence-electron chi connectivity index (χ2n) is 8.11. The third kappa shape index (κ3) is 4.57. The van der Waals surface area contributed by atoms with E-state index in [4.69, 9.17) is 0 Å². The summed E-state index contributed by atoms with van der Waals surface area (Å²) in [5, 5.41) is 4.34. The van der Waals surface area contributed by atoms with Crippen LogP contribution in [0.4, 0.5) is 0 Å². The fourth-order valence-corrected chi connectivity index (χ4v) is 4.65. The highest BCUT2D eigenvalue weighted by atomic mass is 15.2. The first kappa shape index (κ1) is 17.0. The Morgan fingerprint density at radius 1 is 1.22 bits per heavy atom. The van der Waals surface area contributed by atoms with Gasteiger partial charge in [0.25, 0.3) is 0 Å². The van der Waals surface area contributed by atoms with E-state index in [1.807, 2.05) is 17.9 Å². The van der Waals surface area contributed by atoms with Crippen molar-refractivity contribution < 1.29 is 0 Å².